The molecule has 0 atom stereocenters. The highest BCUT2D eigenvalue weighted by Crippen LogP contribution is 2.17. The molecule has 2 heterocycles. The highest BCUT2D eigenvalue weighted by atomic mass is 32.2. The Balaban J connectivity index is 1.83. The lowest BCUT2D eigenvalue weighted by Gasteiger charge is -2.26. The lowest BCUT2D eigenvalue weighted by Crippen LogP contribution is -2.36. The third-order valence-corrected chi connectivity index (χ3v) is 4.04. The van der Waals surface area contributed by atoms with Gasteiger partial charge in [-0.05, 0) is 26.2 Å². The third-order valence-electron chi connectivity index (χ3n) is 3.05. The van der Waals surface area contributed by atoms with Crippen LogP contribution in [0, 0.1) is 0 Å². The Kier molecular flexibility index (Phi) is 4.48. The van der Waals surface area contributed by atoms with Crippen LogP contribution in [0.25, 0.3) is 0 Å². The molecule has 1 aromatic rings. The summed E-state index contributed by atoms with van der Waals surface area (Å²) < 4.78 is 2.06. The van der Waals surface area contributed by atoms with Gasteiger partial charge in [-0.2, -0.15) is 0 Å². The third kappa shape index (κ3) is 3.25. The molecule has 0 unspecified atom stereocenters. The molecule has 1 saturated heterocycles. The summed E-state index contributed by atoms with van der Waals surface area (Å²) in [4.78, 5) is 18.2. The predicted octanol–water partition coefficient (Wildman–Crippen LogP) is 2.01. The van der Waals surface area contributed by atoms with Gasteiger partial charge >= 0.3 is 0 Å². The number of likely N-dealkylation sites (tertiary alicyclic amines) is 1. The molecule has 1 aliphatic rings. The molecular formula is C12H19N3OS. The number of hydrogen-bond acceptors (Lipinski definition) is 3. The Morgan fingerprint density at radius 1 is 1.41 bits per heavy atom. The van der Waals surface area contributed by atoms with Crippen LogP contribution in [0.15, 0.2) is 17.6 Å². The largest absolute Gasteiger partial charge is 0.342 e. The number of aromatic nitrogens is 2. The van der Waals surface area contributed by atoms with Crippen molar-refractivity contribution in [1.82, 2.24) is 14.5 Å². The second kappa shape index (κ2) is 6.10. The predicted molar refractivity (Wildman–Crippen MR) is 69.1 cm³/mol. The van der Waals surface area contributed by atoms with Gasteiger partial charge in [0.05, 0.1) is 5.75 Å². The number of carbonyl (C=O) groups excluding carboxylic acids is 1. The molecule has 0 N–H and O–H groups in total. The Morgan fingerprint density at radius 3 is 2.88 bits per heavy atom. The molecule has 0 saturated carbocycles. The minimum Gasteiger partial charge on any atom is -0.342 e. The molecule has 2 rings (SSSR count). The number of thioether (sulfide) groups is 1. The first kappa shape index (κ1) is 12.5. The molecule has 94 valence electrons. The number of rotatable bonds is 4. The van der Waals surface area contributed by atoms with Crippen LogP contribution >= 0.6 is 11.8 Å². The highest BCUT2D eigenvalue weighted by Gasteiger charge is 2.17. The molecule has 17 heavy (non-hydrogen) atoms. The zero-order chi connectivity index (χ0) is 12.1. The minimum atomic E-state index is 0.250. The van der Waals surface area contributed by atoms with Gasteiger partial charge < -0.3 is 9.47 Å². The summed E-state index contributed by atoms with van der Waals surface area (Å²) in [6.45, 7) is 4.85. The number of aryl methyl sites for hydroxylation is 1. The highest BCUT2D eigenvalue weighted by molar-refractivity contribution is 7.99. The van der Waals surface area contributed by atoms with Crippen molar-refractivity contribution in [2.75, 3.05) is 18.8 Å². The molecule has 1 aliphatic heterocycles. The average Bonchev–Trinajstić information content (AvgIpc) is 2.84. The van der Waals surface area contributed by atoms with Gasteiger partial charge in [0, 0.05) is 32.0 Å². The smallest absolute Gasteiger partial charge is 0.233 e. The number of nitrogens with zero attached hydrogens (tertiary/aromatic N) is 3. The minimum absolute atomic E-state index is 0.250. The standard InChI is InChI=1S/C12H19N3OS/c1-2-14-9-6-13-12(14)17-10-11(16)15-7-4-3-5-8-15/h6,9H,2-5,7-8,10H2,1H3. The first-order valence-electron chi connectivity index (χ1n) is 6.23. The number of imidazole rings is 1. The summed E-state index contributed by atoms with van der Waals surface area (Å²) >= 11 is 1.54. The van der Waals surface area contributed by atoms with E-state index in [2.05, 4.69) is 16.5 Å². The molecule has 0 aromatic carbocycles. The van der Waals surface area contributed by atoms with Gasteiger partial charge in [0.15, 0.2) is 5.16 Å². The summed E-state index contributed by atoms with van der Waals surface area (Å²) in [6, 6.07) is 0. The molecule has 1 fully saturated rings. The van der Waals surface area contributed by atoms with Crippen molar-refractivity contribution in [3.8, 4) is 0 Å². The quantitative estimate of drug-likeness (QED) is 0.770. The van der Waals surface area contributed by atoms with E-state index in [4.69, 9.17) is 0 Å². The van der Waals surface area contributed by atoms with Crippen molar-refractivity contribution in [3.05, 3.63) is 12.4 Å². The second-order valence-corrected chi connectivity index (χ2v) is 5.17. The van der Waals surface area contributed by atoms with E-state index in [9.17, 15) is 4.79 Å². The van der Waals surface area contributed by atoms with Crippen molar-refractivity contribution in [2.24, 2.45) is 0 Å². The van der Waals surface area contributed by atoms with E-state index in [0.717, 1.165) is 37.6 Å². The monoisotopic (exact) mass is 253 g/mol. The summed E-state index contributed by atoms with van der Waals surface area (Å²) in [5, 5.41) is 0.942. The lowest BCUT2D eigenvalue weighted by atomic mass is 10.1. The zero-order valence-electron chi connectivity index (χ0n) is 10.3. The van der Waals surface area contributed by atoms with Crippen molar-refractivity contribution in [3.63, 3.8) is 0 Å². The number of carbonyl (C=O) groups is 1. The second-order valence-electron chi connectivity index (χ2n) is 4.23. The van der Waals surface area contributed by atoms with E-state index in [1.54, 1.807) is 18.0 Å². The Bertz CT molecular complexity index is 372. The van der Waals surface area contributed by atoms with E-state index < -0.39 is 0 Å². The van der Waals surface area contributed by atoms with E-state index in [0.29, 0.717) is 5.75 Å². The fourth-order valence-electron chi connectivity index (χ4n) is 2.04. The molecule has 0 bridgehead atoms. The maximum absolute atomic E-state index is 12.0. The van der Waals surface area contributed by atoms with Crippen LogP contribution in [0.1, 0.15) is 26.2 Å². The molecule has 5 heteroatoms. The van der Waals surface area contributed by atoms with E-state index >= 15 is 0 Å². The molecular weight excluding hydrogens is 234 g/mol. The van der Waals surface area contributed by atoms with Gasteiger partial charge in [0.2, 0.25) is 5.91 Å². The topological polar surface area (TPSA) is 38.1 Å². The molecule has 1 aromatic heterocycles. The molecule has 0 radical (unpaired) electrons. The van der Waals surface area contributed by atoms with Gasteiger partial charge in [-0.15, -0.1) is 0 Å². The number of piperidine rings is 1. The van der Waals surface area contributed by atoms with Gasteiger partial charge in [-0.3, -0.25) is 4.79 Å². The zero-order valence-corrected chi connectivity index (χ0v) is 11.1. The van der Waals surface area contributed by atoms with E-state index in [1.807, 2.05) is 11.1 Å². The lowest BCUT2D eigenvalue weighted by molar-refractivity contribution is -0.129. The molecule has 1 amide bonds. The Labute approximate surface area is 106 Å². The summed E-state index contributed by atoms with van der Waals surface area (Å²) in [7, 11) is 0. The van der Waals surface area contributed by atoms with Crippen LogP contribution in [0.2, 0.25) is 0 Å². The van der Waals surface area contributed by atoms with Crippen LogP contribution < -0.4 is 0 Å². The fourth-order valence-corrected chi connectivity index (χ4v) is 2.96. The normalized spacial score (nSPS) is 16.2. The van der Waals surface area contributed by atoms with E-state index in [1.165, 1.54) is 6.42 Å². The summed E-state index contributed by atoms with van der Waals surface area (Å²) in [5.41, 5.74) is 0. The van der Waals surface area contributed by atoms with Crippen LogP contribution in [0.5, 0.6) is 0 Å². The van der Waals surface area contributed by atoms with Crippen LogP contribution in [-0.4, -0.2) is 39.2 Å². The van der Waals surface area contributed by atoms with E-state index in [-0.39, 0.29) is 5.91 Å². The first-order valence-corrected chi connectivity index (χ1v) is 7.21. The first-order chi connectivity index (χ1) is 8.31. The molecule has 0 aliphatic carbocycles. The van der Waals surface area contributed by atoms with Crippen LogP contribution in [0.4, 0.5) is 0 Å². The fraction of sp³-hybridized carbons (Fsp3) is 0.667. The van der Waals surface area contributed by atoms with Gasteiger partial charge in [-0.1, -0.05) is 11.8 Å². The Hall–Kier alpha value is -0.970. The summed E-state index contributed by atoms with van der Waals surface area (Å²) in [5.74, 6) is 0.761. The number of amides is 1. The van der Waals surface area contributed by atoms with Crippen molar-refractivity contribution >= 4 is 17.7 Å². The van der Waals surface area contributed by atoms with Gasteiger partial charge in [0.25, 0.3) is 0 Å². The average molecular weight is 253 g/mol. The van der Waals surface area contributed by atoms with Crippen molar-refractivity contribution < 1.29 is 4.79 Å². The molecule has 4 nitrogen and oxygen atoms in total. The summed E-state index contributed by atoms with van der Waals surface area (Å²) in [6.07, 6.45) is 7.31. The van der Waals surface area contributed by atoms with Crippen molar-refractivity contribution in [2.45, 2.75) is 37.9 Å². The van der Waals surface area contributed by atoms with Gasteiger partial charge in [0.1, 0.15) is 0 Å². The van der Waals surface area contributed by atoms with Crippen molar-refractivity contribution in [1.29, 1.82) is 0 Å². The maximum Gasteiger partial charge on any atom is 0.233 e. The maximum atomic E-state index is 12.0. The van der Waals surface area contributed by atoms with Crippen LogP contribution in [0.3, 0.4) is 0 Å². The number of hydrogen-bond donors (Lipinski definition) is 0. The Morgan fingerprint density at radius 2 is 2.18 bits per heavy atom. The van der Waals surface area contributed by atoms with Crippen LogP contribution in [-0.2, 0) is 11.3 Å². The molecule has 0 spiro atoms. The SMILES string of the molecule is CCn1ccnc1SCC(=O)N1CCCCC1. The van der Waals surface area contributed by atoms with Gasteiger partial charge in [-0.25, -0.2) is 4.98 Å².